The van der Waals surface area contributed by atoms with Gasteiger partial charge in [0.2, 0.25) is 5.91 Å². The van der Waals surface area contributed by atoms with Crippen molar-refractivity contribution in [3.05, 3.63) is 62.1 Å². The average Bonchev–Trinajstić information content (AvgIpc) is 2.72. The molecule has 0 spiro atoms. The fourth-order valence-corrected chi connectivity index (χ4v) is 3.70. The van der Waals surface area contributed by atoms with Gasteiger partial charge >= 0.3 is 0 Å². The fourth-order valence-electron chi connectivity index (χ4n) is 2.72. The summed E-state index contributed by atoms with van der Waals surface area (Å²) in [6, 6.07) is 8.97. The van der Waals surface area contributed by atoms with Gasteiger partial charge in [-0.25, -0.2) is 0 Å². The van der Waals surface area contributed by atoms with Gasteiger partial charge in [0.1, 0.15) is 11.8 Å². The van der Waals surface area contributed by atoms with Crippen LogP contribution in [0.5, 0.6) is 5.75 Å². The van der Waals surface area contributed by atoms with Crippen molar-refractivity contribution in [2.45, 2.75) is 45.8 Å². The summed E-state index contributed by atoms with van der Waals surface area (Å²) in [5.41, 5.74) is 0.548. The van der Waals surface area contributed by atoms with E-state index in [2.05, 4.69) is 5.32 Å². The fraction of sp³-hybridized carbons (Fsp3) is 0.364. The molecule has 0 heterocycles. The van der Waals surface area contributed by atoms with Crippen LogP contribution in [0, 0.1) is 0 Å². The van der Waals surface area contributed by atoms with Crippen LogP contribution in [0.3, 0.4) is 0 Å². The molecule has 9 heteroatoms. The molecule has 2 amide bonds. The van der Waals surface area contributed by atoms with Crippen molar-refractivity contribution in [2.24, 2.45) is 0 Å². The molecule has 2 rings (SSSR count). The van der Waals surface area contributed by atoms with Crippen molar-refractivity contribution in [1.82, 2.24) is 10.2 Å². The van der Waals surface area contributed by atoms with Crippen LogP contribution in [-0.2, 0) is 16.1 Å². The van der Waals surface area contributed by atoms with Crippen molar-refractivity contribution >= 4 is 58.2 Å². The van der Waals surface area contributed by atoms with Gasteiger partial charge in [0.15, 0.2) is 6.61 Å². The number of hydrogen-bond donors (Lipinski definition) is 1. The molecule has 2 aromatic rings. The van der Waals surface area contributed by atoms with Crippen LogP contribution >= 0.6 is 46.4 Å². The van der Waals surface area contributed by atoms with Gasteiger partial charge in [-0.15, -0.1) is 0 Å². The van der Waals surface area contributed by atoms with E-state index in [0.717, 1.165) is 6.42 Å². The lowest BCUT2D eigenvalue weighted by molar-refractivity contribution is -0.142. The Bertz CT molecular complexity index is 919. The van der Waals surface area contributed by atoms with E-state index in [4.69, 9.17) is 51.1 Å². The molecule has 1 N–H and O–H groups in total. The number of nitrogens with zero attached hydrogens (tertiary/aromatic N) is 1. The quantitative estimate of drug-likeness (QED) is 0.453. The summed E-state index contributed by atoms with van der Waals surface area (Å²) in [4.78, 5) is 27.2. The van der Waals surface area contributed by atoms with Gasteiger partial charge < -0.3 is 15.0 Å². The molecule has 0 aliphatic carbocycles. The maximum Gasteiger partial charge on any atom is 0.261 e. The third-order valence-electron chi connectivity index (χ3n) is 4.80. The Morgan fingerprint density at radius 3 is 2.26 bits per heavy atom. The SMILES string of the molecule is CCC(C)NC(=O)C(C)N(Cc1c(Cl)cccc1Cl)C(=O)COc1ccc(Cl)cc1Cl. The van der Waals surface area contributed by atoms with Gasteiger partial charge in [-0.05, 0) is 50.6 Å². The lowest BCUT2D eigenvalue weighted by atomic mass is 10.1. The highest BCUT2D eigenvalue weighted by Crippen LogP contribution is 2.29. The second-order valence-electron chi connectivity index (χ2n) is 7.08. The maximum atomic E-state index is 13.1. The molecular weight excluding hydrogens is 482 g/mol. The first-order valence-electron chi connectivity index (χ1n) is 9.74. The van der Waals surface area contributed by atoms with Gasteiger partial charge in [0.25, 0.3) is 5.91 Å². The monoisotopic (exact) mass is 504 g/mol. The molecule has 0 bridgehead atoms. The molecule has 0 aromatic heterocycles. The van der Waals surface area contributed by atoms with E-state index < -0.39 is 11.9 Å². The highest BCUT2D eigenvalue weighted by Gasteiger charge is 2.28. The zero-order valence-electron chi connectivity index (χ0n) is 17.4. The van der Waals surface area contributed by atoms with Crippen LogP contribution in [0.2, 0.25) is 20.1 Å². The standard InChI is InChI=1S/C22H24Cl4N2O3/c1-4-13(2)27-22(30)14(3)28(11-16-17(24)6-5-7-18(16)25)21(29)12-31-20-9-8-15(23)10-19(20)26/h5-10,13-14H,4,11-12H2,1-3H3,(H,27,30). The molecule has 0 saturated heterocycles. The van der Waals surface area contributed by atoms with E-state index in [1.807, 2.05) is 13.8 Å². The molecule has 5 nitrogen and oxygen atoms in total. The molecule has 0 saturated carbocycles. The van der Waals surface area contributed by atoms with Gasteiger partial charge in [-0.3, -0.25) is 9.59 Å². The molecule has 0 aliphatic rings. The average molecular weight is 506 g/mol. The number of ether oxygens (including phenoxy) is 1. The predicted octanol–water partition coefficient (Wildman–Crippen LogP) is 6.01. The summed E-state index contributed by atoms with van der Waals surface area (Å²) in [5, 5.41) is 4.44. The first-order valence-corrected chi connectivity index (χ1v) is 11.3. The number of rotatable bonds is 9. The highest BCUT2D eigenvalue weighted by atomic mass is 35.5. The minimum Gasteiger partial charge on any atom is -0.482 e. The van der Waals surface area contributed by atoms with Crippen molar-refractivity contribution in [3.8, 4) is 5.75 Å². The van der Waals surface area contributed by atoms with Crippen LogP contribution in [0.15, 0.2) is 36.4 Å². The van der Waals surface area contributed by atoms with Crippen LogP contribution < -0.4 is 10.1 Å². The van der Waals surface area contributed by atoms with Gasteiger partial charge in [-0.1, -0.05) is 59.4 Å². The highest BCUT2D eigenvalue weighted by molar-refractivity contribution is 6.36. The van der Waals surface area contributed by atoms with E-state index in [0.29, 0.717) is 26.4 Å². The summed E-state index contributed by atoms with van der Waals surface area (Å²) in [6.45, 7) is 5.23. The topological polar surface area (TPSA) is 58.6 Å². The Balaban J connectivity index is 2.24. The van der Waals surface area contributed by atoms with Crippen LogP contribution in [0.25, 0.3) is 0 Å². The molecule has 2 atom stereocenters. The van der Waals surface area contributed by atoms with E-state index in [1.165, 1.54) is 11.0 Å². The first kappa shape index (κ1) is 25.6. The van der Waals surface area contributed by atoms with Crippen molar-refractivity contribution in [1.29, 1.82) is 0 Å². The summed E-state index contributed by atoms with van der Waals surface area (Å²) in [5.74, 6) is -0.393. The van der Waals surface area contributed by atoms with Crippen LogP contribution in [0.4, 0.5) is 0 Å². The lowest BCUT2D eigenvalue weighted by Gasteiger charge is -2.30. The van der Waals surface area contributed by atoms with Crippen molar-refractivity contribution < 1.29 is 14.3 Å². The van der Waals surface area contributed by atoms with Gasteiger partial charge in [-0.2, -0.15) is 0 Å². The zero-order chi connectivity index (χ0) is 23.1. The smallest absolute Gasteiger partial charge is 0.261 e. The third kappa shape index (κ3) is 7.18. The number of halogens is 4. The Labute approximate surface area is 202 Å². The normalized spacial score (nSPS) is 12.7. The van der Waals surface area contributed by atoms with Crippen molar-refractivity contribution in [2.75, 3.05) is 6.61 Å². The number of carbonyl (C=O) groups excluding carboxylic acids is 2. The van der Waals surface area contributed by atoms with Crippen LogP contribution in [-0.4, -0.2) is 35.4 Å². The summed E-state index contributed by atoms with van der Waals surface area (Å²) in [7, 11) is 0. The van der Waals surface area contributed by atoms with E-state index >= 15 is 0 Å². The molecule has 168 valence electrons. The van der Waals surface area contributed by atoms with E-state index in [1.54, 1.807) is 37.3 Å². The second kappa shape index (κ2) is 11.8. The Morgan fingerprint density at radius 2 is 1.68 bits per heavy atom. The van der Waals surface area contributed by atoms with Crippen LogP contribution in [0.1, 0.15) is 32.8 Å². The number of carbonyl (C=O) groups is 2. The van der Waals surface area contributed by atoms with Gasteiger partial charge in [0.05, 0.1) is 5.02 Å². The van der Waals surface area contributed by atoms with E-state index in [-0.39, 0.29) is 30.1 Å². The third-order valence-corrected chi connectivity index (χ3v) is 6.04. The molecule has 0 radical (unpaired) electrons. The molecule has 2 aromatic carbocycles. The zero-order valence-corrected chi connectivity index (χ0v) is 20.4. The second-order valence-corrected chi connectivity index (χ2v) is 8.74. The molecule has 0 fully saturated rings. The molecular formula is C22H24Cl4N2O3. The summed E-state index contributed by atoms with van der Waals surface area (Å²) < 4.78 is 5.59. The minimum absolute atomic E-state index is 0.0278. The largest absolute Gasteiger partial charge is 0.482 e. The lowest BCUT2D eigenvalue weighted by Crippen LogP contribution is -2.50. The first-order chi connectivity index (χ1) is 14.6. The Kier molecular flexibility index (Phi) is 9.76. The van der Waals surface area contributed by atoms with E-state index in [9.17, 15) is 9.59 Å². The number of nitrogens with one attached hydrogen (secondary N) is 1. The number of benzene rings is 2. The summed E-state index contributed by atoms with van der Waals surface area (Å²) >= 11 is 24.6. The molecule has 31 heavy (non-hydrogen) atoms. The maximum absolute atomic E-state index is 13.1. The predicted molar refractivity (Wildman–Crippen MR) is 126 cm³/mol. The molecule has 2 unspecified atom stereocenters. The summed E-state index contributed by atoms with van der Waals surface area (Å²) in [6.07, 6.45) is 0.765. The molecule has 0 aliphatic heterocycles. The Morgan fingerprint density at radius 1 is 1.03 bits per heavy atom. The Hall–Kier alpha value is -1.66. The number of amides is 2. The van der Waals surface area contributed by atoms with Crippen molar-refractivity contribution in [3.63, 3.8) is 0 Å². The van der Waals surface area contributed by atoms with Gasteiger partial charge in [0, 0.05) is 33.2 Å². The number of hydrogen-bond acceptors (Lipinski definition) is 3. The minimum atomic E-state index is -0.780.